The number of nitrogens with one attached hydrogen (secondary N) is 2. The Labute approximate surface area is 185 Å². The minimum absolute atomic E-state index is 0. The minimum atomic E-state index is -2.85. The molecule has 0 radical (unpaired) electrons. The number of rotatable bonds is 5. The van der Waals surface area contributed by atoms with Crippen molar-refractivity contribution in [2.24, 2.45) is 16.8 Å². The molecular weight excluding hydrogens is 493 g/mol. The summed E-state index contributed by atoms with van der Waals surface area (Å²) in [6.07, 6.45) is 7.41. The smallest absolute Gasteiger partial charge is 0.191 e. The van der Waals surface area contributed by atoms with Gasteiger partial charge in [0, 0.05) is 32.0 Å². The van der Waals surface area contributed by atoms with Crippen molar-refractivity contribution in [2.45, 2.75) is 69.8 Å². The third-order valence-electron chi connectivity index (χ3n) is 6.20. The summed E-state index contributed by atoms with van der Waals surface area (Å²) >= 11 is 0. The van der Waals surface area contributed by atoms with Crippen molar-refractivity contribution in [2.75, 3.05) is 31.2 Å². The highest BCUT2D eigenvalue weighted by Crippen LogP contribution is 2.39. The Morgan fingerprint density at radius 3 is 2.57 bits per heavy atom. The van der Waals surface area contributed by atoms with Crippen LogP contribution in [0.2, 0.25) is 0 Å². The summed E-state index contributed by atoms with van der Waals surface area (Å²) in [5.74, 6) is 1.90. The van der Waals surface area contributed by atoms with Gasteiger partial charge in [0.25, 0.3) is 0 Å². The number of ether oxygens (including phenoxy) is 2. The standard InChI is InChI=1S/C19H33N3O4S.HI/c1-14-4-7-19(8-5-14)25-12-17(26-19)11-21-18(22-16-2-3-16)20-10-15-6-9-27(23,24)13-15;/h14-17H,2-13H2,1H3,(H2,20,21,22);1H. The van der Waals surface area contributed by atoms with E-state index in [0.717, 1.165) is 31.1 Å². The number of aliphatic imine (C=N–C) groups is 1. The van der Waals surface area contributed by atoms with Gasteiger partial charge in [-0.25, -0.2) is 8.42 Å². The molecule has 2 saturated heterocycles. The van der Waals surface area contributed by atoms with Crippen molar-refractivity contribution >= 4 is 39.8 Å². The van der Waals surface area contributed by atoms with Gasteiger partial charge in [-0.2, -0.15) is 0 Å². The molecular formula is C19H34IN3O4S. The quantitative estimate of drug-likeness (QED) is 0.324. The maximum Gasteiger partial charge on any atom is 0.191 e. The van der Waals surface area contributed by atoms with E-state index in [1.54, 1.807) is 0 Å². The van der Waals surface area contributed by atoms with Gasteiger partial charge in [-0.15, -0.1) is 24.0 Å². The summed E-state index contributed by atoms with van der Waals surface area (Å²) in [6, 6.07) is 0.496. The van der Waals surface area contributed by atoms with Gasteiger partial charge in [-0.3, -0.25) is 4.99 Å². The summed E-state index contributed by atoms with van der Waals surface area (Å²) in [5, 5.41) is 6.82. The predicted octanol–water partition coefficient (Wildman–Crippen LogP) is 2.06. The Morgan fingerprint density at radius 1 is 1.18 bits per heavy atom. The molecule has 0 bridgehead atoms. The average molecular weight is 527 g/mol. The monoisotopic (exact) mass is 527 g/mol. The van der Waals surface area contributed by atoms with Gasteiger partial charge in [-0.1, -0.05) is 6.92 Å². The molecule has 0 amide bonds. The van der Waals surface area contributed by atoms with Crippen molar-refractivity contribution in [3.63, 3.8) is 0 Å². The van der Waals surface area contributed by atoms with Crippen LogP contribution in [0.25, 0.3) is 0 Å². The summed E-state index contributed by atoms with van der Waals surface area (Å²) < 4.78 is 35.6. The van der Waals surface area contributed by atoms with E-state index < -0.39 is 9.84 Å². The summed E-state index contributed by atoms with van der Waals surface area (Å²) in [6.45, 7) is 4.14. The van der Waals surface area contributed by atoms with E-state index in [0.29, 0.717) is 31.5 Å². The van der Waals surface area contributed by atoms with Crippen molar-refractivity contribution in [3.05, 3.63) is 0 Å². The number of nitrogens with zero attached hydrogens (tertiary/aromatic N) is 1. The summed E-state index contributed by atoms with van der Waals surface area (Å²) in [4.78, 5) is 4.66. The minimum Gasteiger partial charge on any atom is -0.354 e. The maximum atomic E-state index is 11.6. The first-order valence-electron chi connectivity index (χ1n) is 10.5. The lowest BCUT2D eigenvalue weighted by Crippen LogP contribution is -2.44. The molecule has 2 aliphatic carbocycles. The summed E-state index contributed by atoms with van der Waals surface area (Å²) in [5.41, 5.74) is 0. The molecule has 2 heterocycles. The highest BCUT2D eigenvalue weighted by molar-refractivity contribution is 14.0. The Kier molecular flexibility index (Phi) is 7.53. The molecule has 0 aromatic rings. The van der Waals surface area contributed by atoms with Crippen LogP contribution in [-0.2, 0) is 19.3 Å². The van der Waals surface area contributed by atoms with Crippen LogP contribution < -0.4 is 10.6 Å². The molecule has 9 heteroatoms. The zero-order chi connectivity index (χ0) is 18.9. The van der Waals surface area contributed by atoms with Crippen molar-refractivity contribution in [3.8, 4) is 0 Å². The van der Waals surface area contributed by atoms with E-state index in [9.17, 15) is 8.42 Å². The van der Waals surface area contributed by atoms with E-state index in [-0.39, 0.29) is 47.5 Å². The van der Waals surface area contributed by atoms with Gasteiger partial charge in [0.2, 0.25) is 0 Å². The lowest BCUT2D eigenvalue weighted by atomic mass is 9.86. The van der Waals surface area contributed by atoms with E-state index >= 15 is 0 Å². The lowest BCUT2D eigenvalue weighted by Gasteiger charge is -2.34. The second kappa shape index (κ2) is 9.34. The second-order valence-corrected chi connectivity index (χ2v) is 11.1. The Morgan fingerprint density at radius 2 is 1.93 bits per heavy atom. The van der Waals surface area contributed by atoms with E-state index in [1.165, 1.54) is 25.7 Å². The van der Waals surface area contributed by atoms with E-state index in [4.69, 9.17) is 9.47 Å². The Balaban J connectivity index is 0.00000225. The molecule has 28 heavy (non-hydrogen) atoms. The van der Waals surface area contributed by atoms with E-state index in [1.807, 2.05) is 0 Å². The fourth-order valence-electron chi connectivity index (χ4n) is 4.20. The topological polar surface area (TPSA) is 89.0 Å². The molecule has 4 aliphatic rings. The number of hydrogen-bond acceptors (Lipinski definition) is 5. The molecule has 2 saturated carbocycles. The Bertz CT molecular complexity index is 660. The van der Waals surface area contributed by atoms with Gasteiger partial charge < -0.3 is 20.1 Å². The number of guanidine groups is 1. The average Bonchev–Trinajstić information content (AvgIpc) is 3.26. The number of sulfone groups is 1. The van der Waals surface area contributed by atoms with Crippen LogP contribution in [0.15, 0.2) is 4.99 Å². The largest absolute Gasteiger partial charge is 0.354 e. The first kappa shape index (κ1) is 22.6. The Hall–Kier alpha value is -0.130. The van der Waals surface area contributed by atoms with Gasteiger partial charge in [0.15, 0.2) is 21.6 Å². The fourth-order valence-corrected chi connectivity index (χ4v) is 6.05. The lowest BCUT2D eigenvalue weighted by molar-refractivity contribution is -0.191. The number of hydrogen-bond donors (Lipinski definition) is 2. The predicted molar refractivity (Wildman–Crippen MR) is 120 cm³/mol. The molecule has 2 N–H and O–H groups in total. The maximum absolute atomic E-state index is 11.6. The first-order chi connectivity index (χ1) is 12.9. The summed E-state index contributed by atoms with van der Waals surface area (Å²) in [7, 11) is -2.85. The molecule has 4 fully saturated rings. The van der Waals surface area contributed by atoms with Gasteiger partial charge in [0.1, 0.15) is 6.10 Å². The highest BCUT2D eigenvalue weighted by Gasteiger charge is 2.43. The van der Waals surface area contributed by atoms with Crippen LogP contribution in [-0.4, -0.2) is 63.5 Å². The van der Waals surface area contributed by atoms with Crippen molar-refractivity contribution < 1.29 is 17.9 Å². The molecule has 2 unspecified atom stereocenters. The molecule has 0 aromatic carbocycles. The molecule has 0 aromatic heterocycles. The SMILES string of the molecule is CC1CCC2(CC1)OCC(CNC(=NCC1CCS(=O)(=O)C1)NC1CC1)O2.I. The van der Waals surface area contributed by atoms with Crippen LogP contribution in [0.4, 0.5) is 0 Å². The molecule has 7 nitrogen and oxygen atoms in total. The van der Waals surface area contributed by atoms with Gasteiger partial charge in [-0.05, 0) is 43.9 Å². The van der Waals surface area contributed by atoms with Gasteiger partial charge in [0.05, 0.1) is 18.1 Å². The van der Waals surface area contributed by atoms with Gasteiger partial charge >= 0.3 is 0 Å². The van der Waals surface area contributed by atoms with Crippen LogP contribution in [0.1, 0.15) is 51.9 Å². The molecule has 4 rings (SSSR count). The van der Waals surface area contributed by atoms with Crippen molar-refractivity contribution in [1.82, 2.24) is 10.6 Å². The molecule has 2 atom stereocenters. The zero-order valence-electron chi connectivity index (χ0n) is 16.7. The zero-order valence-corrected chi connectivity index (χ0v) is 19.8. The van der Waals surface area contributed by atoms with Crippen LogP contribution >= 0.6 is 24.0 Å². The van der Waals surface area contributed by atoms with Crippen LogP contribution in [0.5, 0.6) is 0 Å². The molecule has 2 aliphatic heterocycles. The molecule has 1 spiro atoms. The first-order valence-corrected chi connectivity index (χ1v) is 12.3. The molecule has 162 valence electrons. The van der Waals surface area contributed by atoms with Crippen molar-refractivity contribution in [1.29, 1.82) is 0 Å². The van der Waals surface area contributed by atoms with Crippen LogP contribution in [0, 0.1) is 11.8 Å². The van der Waals surface area contributed by atoms with Crippen LogP contribution in [0.3, 0.4) is 0 Å². The van der Waals surface area contributed by atoms with E-state index in [2.05, 4.69) is 22.5 Å². The normalized spacial score (nSPS) is 37.6. The second-order valence-electron chi connectivity index (χ2n) is 8.90. The third kappa shape index (κ3) is 6.18. The third-order valence-corrected chi connectivity index (χ3v) is 8.04. The highest BCUT2D eigenvalue weighted by atomic mass is 127. The number of halogens is 1. The fraction of sp³-hybridized carbons (Fsp3) is 0.947.